The number of amidine groups is 1. The Balaban J connectivity index is 1.89. The summed E-state index contributed by atoms with van der Waals surface area (Å²) in [6, 6.07) is 7.51. The third kappa shape index (κ3) is 5.06. The predicted octanol–water partition coefficient (Wildman–Crippen LogP) is 2.88. The molecule has 0 bridgehead atoms. The van der Waals surface area contributed by atoms with E-state index in [1.165, 1.54) is 0 Å². The number of amides is 1. The van der Waals surface area contributed by atoms with Crippen molar-refractivity contribution in [3.8, 4) is 0 Å². The molecule has 0 aromatic heterocycles. The van der Waals surface area contributed by atoms with E-state index in [4.69, 9.17) is 15.7 Å². The molecule has 23 heavy (non-hydrogen) atoms. The summed E-state index contributed by atoms with van der Waals surface area (Å²) in [6.07, 6.45) is 0.689. The fourth-order valence-electron chi connectivity index (χ4n) is 2.27. The topological polar surface area (TPSA) is 88.2 Å². The van der Waals surface area contributed by atoms with Crippen molar-refractivity contribution >= 4 is 23.7 Å². The Labute approximate surface area is 140 Å². The minimum atomic E-state index is -0.466. The van der Waals surface area contributed by atoms with Gasteiger partial charge in [0.15, 0.2) is 5.84 Å². The van der Waals surface area contributed by atoms with E-state index in [2.05, 4.69) is 5.16 Å². The number of ether oxygens (including phenoxy) is 1. The van der Waals surface area contributed by atoms with Crippen LogP contribution in [0.25, 0.3) is 0 Å². The lowest BCUT2D eigenvalue weighted by Gasteiger charge is -2.24. The van der Waals surface area contributed by atoms with Crippen LogP contribution in [-0.4, -0.2) is 46.0 Å². The van der Waals surface area contributed by atoms with Gasteiger partial charge in [-0.25, -0.2) is 4.79 Å². The second-order valence-corrected chi connectivity index (χ2v) is 7.84. The molecule has 3 N–H and O–H groups in total. The van der Waals surface area contributed by atoms with Crippen molar-refractivity contribution in [1.82, 2.24) is 4.90 Å². The van der Waals surface area contributed by atoms with Gasteiger partial charge >= 0.3 is 6.09 Å². The average Bonchev–Trinajstić information content (AvgIpc) is 2.94. The molecule has 126 valence electrons. The molecule has 1 fully saturated rings. The van der Waals surface area contributed by atoms with Crippen molar-refractivity contribution in [3.05, 3.63) is 29.8 Å². The molecule has 1 aromatic carbocycles. The van der Waals surface area contributed by atoms with Crippen molar-refractivity contribution < 1.29 is 14.7 Å². The molecule has 1 heterocycles. The molecule has 0 spiro atoms. The molecule has 1 atom stereocenters. The van der Waals surface area contributed by atoms with Gasteiger partial charge < -0.3 is 20.6 Å². The Morgan fingerprint density at radius 1 is 1.39 bits per heavy atom. The van der Waals surface area contributed by atoms with Crippen LogP contribution in [0.15, 0.2) is 34.3 Å². The molecule has 1 aliphatic heterocycles. The summed E-state index contributed by atoms with van der Waals surface area (Å²) < 4.78 is 5.40. The Hall–Kier alpha value is -1.89. The van der Waals surface area contributed by atoms with Crippen LogP contribution in [0.5, 0.6) is 0 Å². The minimum absolute atomic E-state index is 0.0958. The van der Waals surface area contributed by atoms with Gasteiger partial charge in [0.1, 0.15) is 5.60 Å². The van der Waals surface area contributed by atoms with E-state index in [9.17, 15) is 4.79 Å². The van der Waals surface area contributed by atoms with E-state index in [1.807, 2.05) is 45.0 Å². The molecule has 1 amide bonds. The molecule has 0 saturated carbocycles. The number of hydrogen-bond acceptors (Lipinski definition) is 5. The molecular weight excluding hydrogens is 314 g/mol. The molecule has 1 aliphatic rings. The van der Waals surface area contributed by atoms with Crippen molar-refractivity contribution in [2.45, 2.75) is 42.9 Å². The summed E-state index contributed by atoms with van der Waals surface area (Å²) in [4.78, 5) is 14.9. The number of rotatable bonds is 3. The van der Waals surface area contributed by atoms with Crippen LogP contribution in [0, 0.1) is 0 Å². The predicted molar refractivity (Wildman–Crippen MR) is 91.0 cm³/mol. The van der Waals surface area contributed by atoms with E-state index in [0.717, 1.165) is 17.9 Å². The normalized spacial score (nSPS) is 19.0. The van der Waals surface area contributed by atoms with Gasteiger partial charge in [0.2, 0.25) is 0 Å². The zero-order valence-corrected chi connectivity index (χ0v) is 14.5. The largest absolute Gasteiger partial charge is 0.444 e. The highest BCUT2D eigenvalue weighted by Crippen LogP contribution is 2.30. The Kier molecular flexibility index (Phi) is 5.41. The average molecular weight is 337 g/mol. The van der Waals surface area contributed by atoms with Crippen LogP contribution < -0.4 is 5.73 Å². The van der Waals surface area contributed by atoms with Crippen LogP contribution in [-0.2, 0) is 4.74 Å². The third-order valence-corrected chi connectivity index (χ3v) is 4.62. The lowest BCUT2D eigenvalue weighted by Crippen LogP contribution is -2.35. The van der Waals surface area contributed by atoms with Crippen molar-refractivity contribution in [2.75, 3.05) is 13.1 Å². The van der Waals surface area contributed by atoms with Gasteiger partial charge in [-0.2, -0.15) is 0 Å². The van der Waals surface area contributed by atoms with Crippen LogP contribution in [0.2, 0.25) is 0 Å². The summed E-state index contributed by atoms with van der Waals surface area (Å²) in [5, 5.41) is 12.0. The minimum Gasteiger partial charge on any atom is -0.444 e. The number of carbonyl (C=O) groups is 1. The molecule has 0 radical (unpaired) electrons. The lowest BCUT2D eigenvalue weighted by molar-refractivity contribution is 0.0295. The van der Waals surface area contributed by atoms with E-state index in [1.54, 1.807) is 16.7 Å². The molecule has 2 rings (SSSR count). The van der Waals surface area contributed by atoms with E-state index in [0.29, 0.717) is 17.4 Å². The maximum Gasteiger partial charge on any atom is 0.410 e. The number of likely N-dealkylation sites (tertiary alicyclic amines) is 1. The second kappa shape index (κ2) is 7.12. The quantitative estimate of drug-likeness (QED) is 0.383. The first-order valence-corrected chi connectivity index (χ1v) is 8.39. The summed E-state index contributed by atoms with van der Waals surface area (Å²) >= 11 is 1.73. The van der Waals surface area contributed by atoms with Gasteiger partial charge in [-0.15, -0.1) is 11.8 Å². The fourth-order valence-corrected chi connectivity index (χ4v) is 3.43. The number of carbonyl (C=O) groups excluding carboxylic acids is 1. The maximum atomic E-state index is 12.1. The highest BCUT2D eigenvalue weighted by molar-refractivity contribution is 8.00. The molecule has 1 unspecified atom stereocenters. The third-order valence-electron chi connectivity index (χ3n) is 3.36. The zero-order valence-electron chi connectivity index (χ0n) is 13.7. The van der Waals surface area contributed by atoms with Crippen LogP contribution >= 0.6 is 11.8 Å². The monoisotopic (exact) mass is 337 g/mol. The summed E-state index contributed by atoms with van der Waals surface area (Å²) in [6.45, 7) is 7.01. The second-order valence-electron chi connectivity index (χ2n) is 6.46. The molecule has 0 aliphatic carbocycles. The number of benzene rings is 1. The van der Waals surface area contributed by atoms with Crippen LogP contribution in [0.1, 0.15) is 32.8 Å². The van der Waals surface area contributed by atoms with Crippen LogP contribution in [0.3, 0.4) is 0 Å². The Morgan fingerprint density at radius 3 is 2.61 bits per heavy atom. The van der Waals surface area contributed by atoms with Crippen LogP contribution in [0.4, 0.5) is 4.79 Å². The van der Waals surface area contributed by atoms with Gasteiger partial charge in [0.25, 0.3) is 0 Å². The summed E-state index contributed by atoms with van der Waals surface area (Å²) in [7, 11) is 0. The van der Waals surface area contributed by atoms with Gasteiger partial charge in [0, 0.05) is 28.8 Å². The smallest absolute Gasteiger partial charge is 0.410 e. The van der Waals surface area contributed by atoms with E-state index in [-0.39, 0.29) is 11.9 Å². The number of nitrogens with zero attached hydrogens (tertiary/aromatic N) is 2. The van der Waals surface area contributed by atoms with Crippen molar-refractivity contribution in [1.29, 1.82) is 0 Å². The lowest BCUT2D eigenvalue weighted by atomic mass is 10.2. The molecule has 6 nitrogen and oxygen atoms in total. The van der Waals surface area contributed by atoms with Crippen molar-refractivity contribution in [3.63, 3.8) is 0 Å². The summed E-state index contributed by atoms with van der Waals surface area (Å²) in [5.41, 5.74) is 5.76. The molecule has 1 aromatic rings. The van der Waals surface area contributed by atoms with Crippen molar-refractivity contribution in [2.24, 2.45) is 10.9 Å². The highest BCUT2D eigenvalue weighted by Gasteiger charge is 2.30. The maximum absolute atomic E-state index is 12.1. The first kappa shape index (κ1) is 17.5. The number of hydrogen-bond donors (Lipinski definition) is 2. The zero-order chi connectivity index (χ0) is 17.0. The number of nitrogens with two attached hydrogens (primary N) is 1. The Morgan fingerprint density at radius 2 is 2.04 bits per heavy atom. The Bertz CT molecular complexity index is 581. The first-order chi connectivity index (χ1) is 10.8. The first-order valence-electron chi connectivity index (χ1n) is 7.51. The van der Waals surface area contributed by atoms with Gasteiger partial charge in [-0.05, 0) is 39.3 Å². The SMILES string of the molecule is CC(C)(C)OC(=O)N1CCC(Sc2ccc(C(N)=NO)cc2)C1. The van der Waals surface area contributed by atoms with E-state index >= 15 is 0 Å². The van der Waals surface area contributed by atoms with Gasteiger partial charge in [-0.1, -0.05) is 17.3 Å². The molecular formula is C16H23N3O3S. The van der Waals surface area contributed by atoms with Gasteiger partial charge in [-0.3, -0.25) is 0 Å². The number of thioether (sulfide) groups is 1. The number of oxime groups is 1. The molecule has 7 heteroatoms. The molecule has 1 saturated heterocycles. The highest BCUT2D eigenvalue weighted by atomic mass is 32.2. The van der Waals surface area contributed by atoms with E-state index < -0.39 is 5.60 Å². The van der Waals surface area contributed by atoms with Gasteiger partial charge in [0.05, 0.1) is 0 Å². The fraction of sp³-hybridized carbons (Fsp3) is 0.500. The standard InChI is InChI=1S/C16H23N3O3S/c1-16(2,3)22-15(20)19-9-8-13(10-19)23-12-6-4-11(5-7-12)14(17)18-21/h4-7,13,21H,8-10H2,1-3H3,(H2,17,18). The summed E-state index contributed by atoms with van der Waals surface area (Å²) in [5.74, 6) is 0.0958.